The van der Waals surface area contributed by atoms with Crippen LogP contribution < -0.4 is 10.6 Å². The average Bonchev–Trinajstić information content (AvgIpc) is 3.08. The van der Waals surface area contributed by atoms with Crippen LogP contribution in [-0.2, 0) is 6.54 Å². The largest absolute Gasteiger partial charge is 0.366 e. The normalized spacial score (nSPS) is 15.1. The lowest BCUT2D eigenvalue weighted by Crippen LogP contribution is -2.27. The molecule has 0 spiro atoms. The van der Waals surface area contributed by atoms with Crippen molar-refractivity contribution in [3.05, 3.63) is 57.8 Å². The van der Waals surface area contributed by atoms with Crippen LogP contribution in [0.1, 0.15) is 35.6 Å². The van der Waals surface area contributed by atoms with Gasteiger partial charge in [0.15, 0.2) is 5.65 Å². The minimum atomic E-state index is 0.471. The highest BCUT2D eigenvalue weighted by Crippen LogP contribution is 2.28. The van der Waals surface area contributed by atoms with E-state index in [4.69, 9.17) is 10.2 Å². The third-order valence-corrected chi connectivity index (χ3v) is 5.32. The van der Waals surface area contributed by atoms with Gasteiger partial charge in [0.2, 0.25) is 0 Å². The van der Waals surface area contributed by atoms with Gasteiger partial charge in [0.1, 0.15) is 5.82 Å². The molecule has 1 saturated heterocycles. The number of piperidine rings is 1. The third-order valence-electron chi connectivity index (χ3n) is 4.76. The van der Waals surface area contributed by atoms with Crippen molar-refractivity contribution in [2.45, 2.75) is 25.3 Å². The number of anilines is 1. The zero-order valence-electron chi connectivity index (χ0n) is 14.2. The van der Waals surface area contributed by atoms with Gasteiger partial charge in [-0.1, -0.05) is 12.1 Å². The minimum Gasteiger partial charge on any atom is -0.366 e. The second-order valence-electron chi connectivity index (χ2n) is 6.48. The van der Waals surface area contributed by atoms with Gasteiger partial charge < -0.3 is 10.6 Å². The Hall–Kier alpha value is -2.43. The van der Waals surface area contributed by atoms with Gasteiger partial charge in [-0.2, -0.15) is 14.9 Å². The quantitative estimate of drug-likeness (QED) is 0.688. The Morgan fingerprint density at radius 3 is 2.77 bits per heavy atom. The lowest BCUT2D eigenvalue weighted by Gasteiger charge is -2.23. The molecule has 0 bridgehead atoms. The van der Waals surface area contributed by atoms with Crippen molar-refractivity contribution < 1.29 is 0 Å². The fourth-order valence-electron chi connectivity index (χ4n) is 3.30. The lowest BCUT2D eigenvalue weighted by atomic mass is 9.94. The van der Waals surface area contributed by atoms with Gasteiger partial charge in [-0.25, -0.2) is 4.98 Å². The molecule has 6 nitrogen and oxygen atoms in total. The third kappa shape index (κ3) is 3.43. The number of fused-ring (bicyclic) bond motifs is 1. The first-order valence-electron chi connectivity index (χ1n) is 8.72. The van der Waals surface area contributed by atoms with Crippen LogP contribution in [0.3, 0.4) is 0 Å². The predicted molar refractivity (Wildman–Crippen MR) is 104 cm³/mol. The van der Waals surface area contributed by atoms with Gasteiger partial charge in [0.25, 0.3) is 0 Å². The van der Waals surface area contributed by atoms with Crippen LogP contribution in [-0.4, -0.2) is 27.7 Å². The monoisotopic (exact) mass is 410 g/mol. The smallest absolute Gasteiger partial charge is 0.171 e. The van der Waals surface area contributed by atoms with E-state index in [2.05, 4.69) is 43.8 Å². The zero-order chi connectivity index (χ0) is 17.9. The Labute approximate surface area is 160 Å². The average molecular weight is 411 g/mol. The molecule has 0 atom stereocenters. The first-order valence-corrected chi connectivity index (χ1v) is 9.51. The van der Waals surface area contributed by atoms with Crippen molar-refractivity contribution in [2.24, 2.45) is 0 Å². The lowest BCUT2D eigenvalue weighted by molar-refractivity contribution is 0.453. The van der Waals surface area contributed by atoms with Gasteiger partial charge in [-0.15, -0.1) is 0 Å². The number of nitriles is 1. The maximum absolute atomic E-state index is 8.92. The number of aromatic nitrogens is 3. The Bertz CT molecular complexity index is 951. The van der Waals surface area contributed by atoms with E-state index in [9.17, 15) is 0 Å². The summed E-state index contributed by atoms with van der Waals surface area (Å²) in [4.78, 5) is 4.85. The molecule has 26 heavy (non-hydrogen) atoms. The van der Waals surface area contributed by atoms with Crippen LogP contribution in [0, 0.1) is 11.3 Å². The molecule has 0 aliphatic carbocycles. The van der Waals surface area contributed by atoms with Crippen molar-refractivity contribution in [1.29, 1.82) is 5.26 Å². The Balaban J connectivity index is 1.63. The van der Waals surface area contributed by atoms with E-state index in [0.29, 0.717) is 18.0 Å². The number of rotatable bonds is 4. The van der Waals surface area contributed by atoms with Gasteiger partial charge in [-0.05, 0) is 59.6 Å². The molecular weight excluding hydrogens is 392 g/mol. The highest BCUT2D eigenvalue weighted by molar-refractivity contribution is 9.10. The summed E-state index contributed by atoms with van der Waals surface area (Å²) in [5, 5.41) is 20.2. The molecule has 0 saturated carbocycles. The van der Waals surface area contributed by atoms with E-state index < -0.39 is 0 Å². The molecule has 3 heterocycles. The molecule has 1 fully saturated rings. The predicted octanol–water partition coefficient (Wildman–Crippen LogP) is 3.44. The molecule has 2 N–H and O–H groups in total. The summed E-state index contributed by atoms with van der Waals surface area (Å²) < 4.78 is 2.73. The molecule has 1 aromatic carbocycles. The van der Waals surface area contributed by atoms with Crippen LogP contribution in [0.5, 0.6) is 0 Å². The Morgan fingerprint density at radius 1 is 1.27 bits per heavy atom. The molecule has 0 radical (unpaired) electrons. The second kappa shape index (κ2) is 7.44. The summed E-state index contributed by atoms with van der Waals surface area (Å²) >= 11 is 3.55. The van der Waals surface area contributed by atoms with Crippen molar-refractivity contribution in [3.8, 4) is 6.07 Å². The van der Waals surface area contributed by atoms with Crippen molar-refractivity contribution in [3.63, 3.8) is 0 Å². The number of benzene rings is 1. The fraction of sp³-hybridized carbons (Fsp3) is 0.316. The topological polar surface area (TPSA) is 78.0 Å². The van der Waals surface area contributed by atoms with Crippen LogP contribution >= 0.6 is 15.9 Å². The fourth-order valence-corrected chi connectivity index (χ4v) is 3.65. The number of hydrogen-bond donors (Lipinski definition) is 2. The molecule has 3 aromatic rings. The van der Waals surface area contributed by atoms with Crippen LogP contribution in [0.4, 0.5) is 5.82 Å². The molecule has 132 valence electrons. The summed E-state index contributed by atoms with van der Waals surface area (Å²) in [6, 6.07) is 11.9. The zero-order valence-corrected chi connectivity index (χ0v) is 15.8. The molecule has 2 aromatic heterocycles. The Morgan fingerprint density at radius 2 is 2.04 bits per heavy atom. The van der Waals surface area contributed by atoms with Crippen molar-refractivity contribution in [1.82, 2.24) is 19.9 Å². The van der Waals surface area contributed by atoms with Crippen LogP contribution in [0.15, 0.2) is 41.0 Å². The van der Waals surface area contributed by atoms with E-state index in [0.717, 1.165) is 53.1 Å². The summed E-state index contributed by atoms with van der Waals surface area (Å²) in [5.74, 6) is 1.40. The number of nitrogens with zero attached hydrogens (tertiary/aromatic N) is 4. The SMILES string of the molecule is N#Cc1ccc(CNc2cc(C3CCNCC3)nc3c(Br)cnn23)cc1. The number of hydrogen-bond acceptors (Lipinski definition) is 5. The Kier molecular flexibility index (Phi) is 4.87. The second-order valence-corrected chi connectivity index (χ2v) is 7.34. The van der Waals surface area contributed by atoms with Gasteiger partial charge in [0.05, 0.1) is 22.3 Å². The van der Waals surface area contributed by atoms with E-state index >= 15 is 0 Å². The summed E-state index contributed by atoms with van der Waals surface area (Å²) in [6.07, 6.45) is 3.98. The van der Waals surface area contributed by atoms with Crippen LogP contribution in [0.2, 0.25) is 0 Å². The van der Waals surface area contributed by atoms with E-state index in [1.165, 1.54) is 0 Å². The molecule has 0 unspecified atom stereocenters. The van der Waals surface area contributed by atoms with Crippen LogP contribution in [0.25, 0.3) is 5.65 Å². The number of nitrogens with one attached hydrogen (secondary N) is 2. The highest BCUT2D eigenvalue weighted by Gasteiger charge is 2.19. The van der Waals surface area contributed by atoms with E-state index in [1.54, 1.807) is 6.20 Å². The summed E-state index contributed by atoms with van der Waals surface area (Å²) in [6.45, 7) is 2.73. The van der Waals surface area contributed by atoms with E-state index in [-0.39, 0.29) is 0 Å². The van der Waals surface area contributed by atoms with Gasteiger partial charge >= 0.3 is 0 Å². The molecule has 0 amide bonds. The van der Waals surface area contributed by atoms with Crippen molar-refractivity contribution >= 4 is 27.4 Å². The van der Waals surface area contributed by atoms with Gasteiger partial charge in [-0.3, -0.25) is 0 Å². The summed E-state index contributed by atoms with van der Waals surface area (Å²) in [5.41, 5.74) is 3.73. The molecular formula is C19H19BrN6. The van der Waals surface area contributed by atoms with E-state index in [1.807, 2.05) is 28.8 Å². The van der Waals surface area contributed by atoms with Crippen molar-refractivity contribution in [2.75, 3.05) is 18.4 Å². The standard InChI is InChI=1S/C19H19BrN6/c20-16-12-24-26-18(23-11-14-3-1-13(10-21)2-4-14)9-17(25-19(16)26)15-5-7-22-8-6-15/h1-4,9,12,15,22-23H,5-8,11H2. The molecule has 4 rings (SSSR count). The highest BCUT2D eigenvalue weighted by atomic mass is 79.9. The minimum absolute atomic E-state index is 0.471. The summed E-state index contributed by atoms with van der Waals surface area (Å²) in [7, 11) is 0. The molecule has 1 aliphatic heterocycles. The van der Waals surface area contributed by atoms with Gasteiger partial charge in [0, 0.05) is 24.2 Å². The number of halogens is 1. The first-order chi connectivity index (χ1) is 12.7. The molecule has 7 heteroatoms. The maximum Gasteiger partial charge on any atom is 0.171 e. The molecule has 1 aliphatic rings. The first kappa shape index (κ1) is 17.0. The maximum atomic E-state index is 8.92.